The second-order valence-electron chi connectivity index (χ2n) is 7.74. The summed E-state index contributed by atoms with van der Waals surface area (Å²) in [6.45, 7) is 2.60. The van der Waals surface area contributed by atoms with Gasteiger partial charge in [0.05, 0.1) is 12.3 Å². The molecule has 0 atom stereocenters. The first-order valence-electron chi connectivity index (χ1n) is 10.9. The van der Waals surface area contributed by atoms with Crippen LogP contribution in [0.4, 0.5) is 5.13 Å². The van der Waals surface area contributed by atoms with E-state index in [1.165, 1.54) is 35.3 Å². The standard InChI is InChI=1S/C26H25N3O2S/c1-2-13-31-24-10-6-5-9-21(24)15-22(16-27)25(30)29-26-28-23(17-32-26)20-12-11-18-7-3-4-8-19(18)14-20/h5-6,9-12,14-15,17H,2-4,7-8,13H2,1H3,(H,28,29,30)/b22-15+. The van der Waals surface area contributed by atoms with E-state index in [-0.39, 0.29) is 5.57 Å². The van der Waals surface area contributed by atoms with E-state index in [1.54, 1.807) is 6.08 Å². The van der Waals surface area contributed by atoms with Gasteiger partial charge in [0.25, 0.3) is 5.91 Å². The Morgan fingerprint density at radius 2 is 2.03 bits per heavy atom. The zero-order valence-corrected chi connectivity index (χ0v) is 18.9. The molecule has 0 radical (unpaired) electrons. The average molecular weight is 444 g/mol. The molecule has 3 aromatic rings. The molecule has 4 rings (SSSR count). The molecule has 0 spiro atoms. The van der Waals surface area contributed by atoms with E-state index in [0.29, 0.717) is 23.1 Å². The number of anilines is 1. The van der Waals surface area contributed by atoms with Gasteiger partial charge in [-0.05, 0) is 61.4 Å². The van der Waals surface area contributed by atoms with Crippen molar-refractivity contribution in [1.82, 2.24) is 4.98 Å². The van der Waals surface area contributed by atoms with Crippen LogP contribution in [0.2, 0.25) is 0 Å². The highest BCUT2D eigenvalue weighted by molar-refractivity contribution is 7.14. The topological polar surface area (TPSA) is 75.0 Å². The maximum absolute atomic E-state index is 12.7. The Hall–Kier alpha value is -3.43. The van der Waals surface area contributed by atoms with Crippen molar-refractivity contribution in [3.05, 3.63) is 70.1 Å². The number of para-hydroxylation sites is 1. The first kappa shape index (κ1) is 21.8. The van der Waals surface area contributed by atoms with Crippen molar-refractivity contribution in [2.24, 2.45) is 0 Å². The van der Waals surface area contributed by atoms with E-state index in [2.05, 4.69) is 28.5 Å². The van der Waals surface area contributed by atoms with Crippen molar-refractivity contribution < 1.29 is 9.53 Å². The molecule has 0 aliphatic heterocycles. The van der Waals surface area contributed by atoms with E-state index in [9.17, 15) is 10.1 Å². The number of hydrogen-bond donors (Lipinski definition) is 1. The second-order valence-corrected chi connectivity index (χ2v) is 8.60. The molecule has 0 bridgehead atoms. The fraction of sp³-hybridized carbons (Fsp3) is 0.269. The Morgan fingerprint density at radius 3 is 2.84 bits per heavy atom. The first-order valence-corrected chi connectivity index (χ1v) is 11.8. The molecule has 1 aliphatic carbocycles. The summed E-state index contributed by atoms with van der Waals surface area (Å²) in [4.78, 5) is 17.3. The molecule has 5 nitrogen and oxygen atoms in total. The van der Waals surface area contributed by atoms with Crippen LogP contribution < -0.4 is 10.1 Å². The van der Waals surface area contributed by atoms with Gasteiger partial charge in [-0.15, -0.1) is 11.3 Å². The fourth-order valence-corrected chi connectivity index (χ4v) is 4.48. The van der Waals surface area contributed by atoms with E-state index in [0.717, 1.165) is 30.5 Å². The van der Waals surface area contributed by atoms with Crippen molar-refractivity contribution in [1.29, 1.82) is 5.26 Å². The Labute approximate surface area is 192 Å². The highest BCUT2D eigenvalue weighted by atomic mass is 32.1. The van der Waals surface area contributed by atoms with Gasteiger partial charge in [0.15, 0.2) is 5.13 Å². The molecule has 32 heavy (non-hydrogen) atoms. The maximum Gasteiger partial charge on any atom is 0.268 e. The number of hydrogen-bond acceptors (Lipinski definition) is 5. The van der Waals surface area contributed by atoms with Crippen LogP contribution in [0.5, 0.6) is 5.75 Å². The molecular formula is C26H25N3O2S. The second kappa shape index (κ2) is 10.3. The van der Waals surface area contributed by atoms with Crippen LogP contribution in [-0.2, 0) is 17.6 Å². The monoisotopic (exact) mass is 443 g/mol. The van der Waals surface area contributed by atoms with Crippen molar-refractivity contribution in [2.75, 3.05) is 11.9 Å². The molecule has 1 heterocycles. The number of ether oxygens (including phenoxy) is 1. The van der Waals surface area contributed by atoms with Gasteiger partial charge in [0, 0.05) is 16.5 Å². The summed E-state index contributed by atoms with van der Waals surface area (Å²) >= 11 is 1.35. The van der Waals surface area contributed by atoms with Crippen LogP contribution >= 0.6 is 11.3 Å². The third-order valence-electron chi connectivity index (χ3n) is 5.41. The largest absolute Gasteiger partial charge is 0.493 e. The highest BCUT2D eigenvalue weighted by Crippen LogP contribution is 2.30. The van der Waals surface area contributed by atoms with Gasteiger partial charge in [-0.3, -0.25) is 10.1 Å². The fourth-order valence-electron chi connectivity index (χ4n) is 3.77. The highest BCUT2D eigenvalue weighted by Gasteiger charge is 2.15. The van der Waals surface area contributed by atoms with E-state index in [4.69, 9.17) is 4.74 Å². The quantitative estimate of drug-likeness (QED) is 0.358. The summed E-state index contributed by atoms with van der Waals surface area (Å²) < 4.78 is 5.73. The number of benzene rings is 2. The lowest BCUT2D eigenvalue weighted by Gasteiger charge is -2.16. The molecule has 0 fully saturated rings. The molecule has 6 heteroatoms. The van der Waals surface area contributed by atoms with Gasteiger partial charge in [-0.2, -0.15) is 5.26 Å². The predicted molar refractivity (Wildman–Crippen MR) is 129 cm³/mol. The molecule has 0 saturated heterocycles. The number of thiazole rings is 1. The summed E-state index contributed by atoms with van der Waals surface area (Å²) in [6.07, 6.45) is 7.16. The molecular weight excluding hydrogens is 418 g/mol. The molecule has 1 aliphatic rings. The summed E-state index contributed by atoms with van der Waals surface area (Å²) in [5.41, 5.74) is 5.41. The van der Waals surface area contributed by atoms with E-state index < -0.39 is 5.91 Å². The Morgan fingerprint density at radius 1 is 1.22 bits per heavy atom. The minimum atomic E-state index is -0.482. The van der Waals surface area contributed by atoms with Gasteiger partial charge in [-0.1, -0.05) is 37.3 Å². The summed E-state index contributed by atoms with van der Waals surface area (Å²) in [7, 11) is 0. The smallest absolute Gasteiger partial charge is 0.268 e. The van der Waals surface area contributed by atoms with Crippen molar-refractivity contribution in [3.63, 3.8) is 0 Å². The molecule has 1 N–H and O–H groups in total. The summed E-state index contributed by atoms with van der Waals surface area (Å²) in [5, 5.41) is 14.7. The summed E-state index contributed by atoms with van der Waals surface area (Å²) in [6, 6.07) is 15.9. The maximum atomic E-state index is 12.7. The van der Waals surface area contributed by atoms with E-state index >= 15 is 0 Å². The Balaban J connectivity index is 1.50. The molecule has 0 saturated carbocycles. The van der Waals surface area contributed by atoms with Crippen LogP contribution in [0.1, 0.15) is 42.9 Å². The number of amides is 1. The number of rotatable bonds is 7. The van der Waals surface area contributed by atoms with Crippen molar-refractivity contribution in [2.45, 2.75) is 39.0 Å². The van der Waals surface area contributed by atoms with Crippen molar-refractivity contribution in [3.8, 4) is 23.1 Å². The number of carbonyl (C=O) groups excluding carboxylic acids is 1. The lowest BCUT2D eigenvalue weighted by molar-refractivity contribution is -0.112. The van der Waals surface area contributed by atoms with Crippen LogP contribution in [0.3, 0.4) is 0 Å². The minimum absolute atomic E-state index is 0.00285. The van der Waals surface area contributed by atoms with Crippen molar-refractivity contribution >= 4 is 28.5 Å². The molecule has 1 amide bonds. The number of nitrogens with zero attached hydrogens (tertiary/aromatic N) is 2. The zero-order chi connectivity index (χ0) is 22.3. The van der Waals surface area contributed by atoms with E-state index in [1.807, 2.05) is 42.6 Å². The van der Waals surface area contributed by atoms with Crippen LogP contribution in [-0.4, -0.2) is 17.5 Å². The lowest BCUT2D eigenvalue weighted by atomic mass is 9.90. The Kier molecular flexibility index (Phi) is 6.98. The third-order valence-corrected chi connectivity index (χ3v) is 6.17. The zero-order valence-electron chi connectivity index (χ0n) is 18.1. The van der Waals surface area contributed by atoms with Gasteiger partial charge in [0.1, 0.15) is 17.4 Å². The van der Waals surface area contributed by atoms with Crippen LogP contribution in [0, 0.1) is 11.3 Å². The number of fused-ring (bicyclic) bond motifs is 1. The predicted octanol–water partition coefficient (Wildman–Crippen LogP) is 6.02. The van der Waals surface area contributed by atoms with Crippen LogP contribution in [0.25, 0.3) is 17.3 Å². The number of carbonyl (C=O) groups is 1. The third kappa shape index (κ3) is 5.06. The SMILES string of the molecule is CCCOc1ccccc1/C=C(\C#N)C(=O)Nc1nc(-c2ccc3c(c2)CCCC3)cs1. The average Bonchev–Trinajstić information content (AvgIpc) is 3.29. The molecule has 2 aromatic carbocycles. The first-order chi connectivity index (χ1) is 15.7. The number of aryl methyl sites for hydroxylation is 2. The summed E-state index contributed by atoms with van der Waals surface area (Å²) in [5.74, 6) is 0.169. The molecule has 0 unspecified atom stereocenters. The number of nitriles is 1. The number of aromatic nitrogens is 1. The number of nitrogens with one attached hydrogen (secondary N) is 1. The minimum Gasteiger partial charge on any atom is -0.493 e. The molecule has 1 aromatic heterocycles. The van der Waals surface area contributed by atoms with Gasteiger partial charge in [-0.25, -0.2) is 4.98 Å². The van der Waals surface area contributed by atoms with Crippen LogP contribution in [0.15, 0.2) is 53.4 Å². The van der Waals surface area contributed by atoms with Gasteiger partial charge >= 0.3 is 0 Å². The van der Waals surface area contributed by atoms with Gasteiger partial charge in [0.2, 0.25) is 0 Å². The normalized spacial score (nSPS) is 13.2. The Bertz CT molecular complexity index is 1190. The lowest BCUT2D eigenvalue weighted by Crippen LogP contribution is -2.13. The molecule has 162 valence electrons. The van der Waals surface area contributed by atoms with Gasteiger partial charge < -0.3 is 4.74 Å².